The minimum atomic E-state index is -0.410. The highest BCUT2D eigenvalue weighted by atomic mass is 16.3. The summed E-state index contributed by atoms with van der Waals surface area (Å²) in [4.78, 5) is 16.8. The summed E-state index contributed by atoms with van der Waals surface area (Å²) >= 11 is 0. The molecule has 4 nitrogen and oxygen atoms in total. The Bertz CT molecular complexity index is 518. The molecule has 132 valence electrons. The summed E-state index contributed by atoms with van der Waals surface area (Å²) in [5, 5.41) is 10.5. The van der Waals surface area contributed by atoms with Crippen LogP contribution in [0.1, 0.15) is 44.3 Å². The fourth-order valence-electron chi connectivity index (χ4n) is 3.90. The largest absolute Gasteiger partial charge is 0.388 e. The molecule has 1 N–H and O–H groups in total. The average Bonchev–Trinajstić information content (AvgIpc) is 2.64. The van der Waals surface area contributed by atoms with Crippen LogP contribution < -0.4 is 0 Å². The summed E-state index contributed by atoms with van der Waals surface area (Å²) in [5.41, 5.74) is 0.990. The second-order valence-electron chi connectivity index (χ2n) is 7.53. The quantitative estimate of drug-likeness (QED) is 0.923. The molecule has 2 saturated heterocycles. The van der Waals surface area contributed by atoms with Crippen LogP contribution in [0.3, 0.4) is 0 Å². The number of likely N-dealkylation sites (tertiary alicyclic amines) is 2. The van der Waals surface area contributed by atoms with E-state index in [1.165, 1.54) is 12.8 Å². The molecule has 1 amide bonds. The van der Waals surface area contributed by atoms with E-state index < -0.39 is 6.10 Å². The summed E-state index contributed by atoms with van der Waals surface area (Å²) in [7, 11) is 0. The first kappa shape index (κ1) is 17.4. The molecule has 3 rings (SSSR count). The number of carbonyl (C=O) groups is 1. The summed E-state index contributed by atoms with van der Waals surface area (Å²) in [6.45, 7) is 6.52. The van der Waals surface area contributed by atoms with Crippen LogP contribution in [0.15, 0.2) is 30.3 Å². The number of rotatable bonds is 4. The second-order valence-corrected chi connectivity index (χ2v) is 7.53. The van der Waals surface area contributed by atoms with Crippen molar-refractivity contribution in [1.29, 1.82) is 0 Å². The zero-order valence-corrected chi connectivity index (χ0v) is 14.7. The first-order valence-electron chi connectivity index (χ1n) is 9.36. The highest BCUT2D eigenvalue weighted by Crippen LogP contribution is 2.30. The Balaban J connectivity index is 1.45. The van der Waals surface area contributed by atoms with E-state index in [0.29, 0.717) is 6.54 Å². The molecule has 0 aliphatic carbocycles. The lowest BCUT2D eigenvalue weighted by atomic mass is 9.87. The highest BCUT2D eigenvalue weighted by molar-refractivity contribution is 5.78. The van der Waals surface area contributed by atoms with E-state index in [1.807, 2.05) is 35.2 Å². The molecule has 2 aliphatic rings. The number of carbonyl (C=O) groups excluding carboxylic acids is 1. The third-order valence-electron chi connectivity index (χ3n) is 5.72. The van der Waals surface area contributed by atoms with Crippen molar-refractivity contribution in [1.82, 2.24) is 9.80 Å². The topological polar surface area (TPSA) is 43.8 Å². The number of aliphatic hydroxyl groups is 1. The number of aliphatic hydroxyl groups excluding tert-OH is 1. The smallest absolute Gasteiger partial charge is 0.236 e. The van der Waals surface area contributed by atoms with Gasteiger partial charge in [0.2, 0.25) is 5.91 Å². The second kappa shape index (κ2) is 8.13. The number of amides is 1. The van der Waals surface area contributed by atoms with Gasteiger partial charge in [0.15, 0.2) is 0 Å². The van der Waals surface area contributed by atoms with Crippen LogP contribution in [0.5, 0.6) is 0 Å². The molecule has 2 aliphatic heterocycles. The van der Waals surface area contributed by atoms with Crippen LogP contribution in [0.25, 0.3) is 0 Å². The van der Waals surface area contributed by atoms with Gasteiger partial charge in [-0.1, -0.05) is 37.3 Å². The van der Waals surface area contributed by atoms with E-state index in [2.05, 4.69) is 11.8 Å². The lowest BCUT2D eigenvalue weighted by molar-refractivity contribution is -0.134. The molecule has 0 radical (unpaired) electrons. The van der Waals surface area contributed by atoms with E-state index in [-0.39, 0.29) is 11.8 Å². The predicted octanol–water partition coefficient (Wildman–Crippen LogP) is 2.69. The van der Waals surface area contributed by atoms with Crippen molar-refractivity contribution in [3.63, 3.8) is 0 Å². The molecule has 0 saturated carbocycles. The lowest BCUT2D eigenvalue weighted by Crippen LogP contribution is -2.46. The Hall–Kier alpha value is -1.39. The number of piperidine rings is 2. The highest BCUT2D eigenvalue weighted by Gasteiger charge is 2.29. The molecule has 2 fully saturated rings. The first-order chi connectivity index (χ1) is 11.6. The normalized spacial score (nSPS) is 22.5. The Morgan fingerprint density at radius 1 is 1.08 bits per heavy atom. The van der Waals surface area contributed by atoms with Crippen molar-refractivity contribution in [2.24, 2.45) is 11.8 Å². The average molecular weight is 330 g/mol. The van der Waals surface area contributed by atoms with Gasteiger partial charge in [-0.05, 0) is 56.2 Å². The SMILES string of the molecule is CC1CCN(CC(=O)N2CCC(C(O)c3ccccc3)CC2)CC1. The van der Waals surface area contributed by atoms with Crippen molar-refractivity contribution in [3.05, 3.63) is 35.9 Å². The standard InChI is InChI=1S/C20H30N2O2/c1-16-7-11-21(12-8-16)15-19(23)22-13-9-18(10-14-22)20(24)17-5-3-2-4-6-17/h2-6,16,18,20,24H,7-15H2,1H3. The van der Waals surface area contributed by atoms with Gasteiger partial charge >= 0.3 is 0 Å². The van der Waals surface area contributed by atoms with Gasteiger partial charge in [-0.25, -0.2) is 0 Å². The summed E-state index contributed by atoms with van der Waals surface area (Å²) in [6.07, 6.45) is 3.78. The lowest BCUT2D eigenvalue weighted by Gasteiger charge is -2.36. The molecule has 0 aromatic heterocycles. The van der Waals surface area contributed by atoms with E-state index in [9.17, 15) is 9.90 Å². The van der Waals surface area contributed by atoms with Gasteiger partial charge in [0.05, 0.1) is 12.6 Å². The minimum Gasteiger partial charge on any atom is -0.388 e. The third kappa shape index (κ3) is 4.37. The summed E-state index contributed by atoms with van der Waals surface area (Å²) in [6, 6.07) is 9.88. The zero-order chi connectivity index (χ0) is 16.9. The predicted molar refractivity (Wildman–Crippen MR) is 95.5 cm³/mol. The van der Waals surface area contributed by atoms with E-state index in [1.54, 1.807) is 0 Å². The Morgan fingerprint density at radius 2 is 1.71 bits per heavy atom. The van der Waals surface area contributed by atoms with Crippen LogP contribution in [-0.4, -0.2) is 53.5 Å². The van der Waals surface area contributed by atoms with Crippen LogP contribution in [0.2, 0.25) is 0 Å². The molecule has 0 spiro atoms. The molecule has 1 aromatic rings. The maximum atomic E-state index is 12.5. The van der Waals surface area contributed by atoms with E-state index in [4.69, 9.17) is 0 Å². The molecular weight excluding hydrogens is 300 g/mol. The molecule has 4 heteroatoms. The fraction of sp³-hybridized carbons (Fsp3) is 0.650. The number of hydrogen-bond donors (Lipinski definition) is 1. The van der Waals surface area contributed by atoms with Crippen LogP contribution in [0, 0.1) is 11.8 Å². The van der Waals surface area contributed by atoms with Crippen molar-refractivity contribution in [2.75, 3.05) is 32.7 Å². The Labute approximate surface area is 145 Å². The van der Waals surface area contributed by atoms with Crippen LogP contribution >= 0.6 is 0 Å². The summed E-state index contributed by atoms with van der Waals surface area (Å²) < 4.78 is 0. The van der Waals surface area contributed by atoms with Crippen molar-refractivity contribution >= 4 is 5.91 Å². The molecule has 1 aromatic carbocycles. The molecule has 1 atom stereocenters. The maximum Gasteiger partial charge on any atom is 0.236 e. The molecule has 2 heterocycles. The van der Waals surface area contributed by atoms with Gasteiger partial charge in [0.25, 0.3) is 0 Å². The van der Waals surface area contributed by atoms with Crippen molar-refractivity contribution < 1.29 is 9.90 Å². The van der Waals surface area contributed by atoms with E-state index in [0.717, 1.165) is 50.5 Å². The monoisotopic (exact) mass is 330 g/mol. The van der Waals surface area contributed by atoms with Gasteiger partial charge < -0.3 is 10.0 Å². The van der Waals surface area contributed by atoms with Crippen LogP contribution in [-0.2, 0) is 4.79 Å². The molecule has 1 unspecified atom stereocenters. The van der Waals surface area contributed by atoms with Gasteiger partial charge in [-0.15, -0.1) is 0 Å². The van der Waals surface area contributed by atoms with Gasteiger partial charge in [0.1, 0.15) is 0 Å². The van der Waals surface area contributed by atoms with Crippen LogP contribution in [0.4, 0.5) is 0 Å². The number of benzene rings is 1. The van der Waals surface area contributed by atoms with Gasteiger partial charge in [-0.3, -0.25) is 9.69 Å². The van der Waals surface area contributed by atoms with E-state index >= 15 is 0 Å². The zero-order valence-electron chi connectivity index (χ0n) is 14.7. The fourth-order valence-corrected chi connectivity index (χ4v) is 3.90. The Kier molecular flexibility index (Phi) is 5.90. The first-order valence-corrected chi connectivity index (χ1v) is 9.36. The molecule has 24 heavy (non-hydrogen) atoms. The van der Waals surface area contributed by atoms with Crippen molar-refractivity contribution in [3.8, 4) is 0 Å². The van der Waals surface area contributed by atoms with Crippen molar-refractivity contribution in [2.45, 2.75) is 38.7 Å². The Morgan fingerprint density at radius 3 is 2.33 bits per heavy atom. The molecule has 0 bridgehead atoms. The summed E-state index contributed by atoms with van der Waals surface area (Å²) in [5.74, 6) is 1.32. The van der Waals surface area contributed by atoms with Gasteiger partial charge in [0, 0.05) is 13.1 Å². The van der Waals surface area contributed by atoms with Gasteiger partial charge in [-0.2, -0.15) is 0 Å². The maximum absolute atomic E-state index is 12.5. The number of hydrogen-bond acceptors (Lipinski definition) is 3. The third-order valence-corrected chi connectivity index (χ3v) is 5.72. The molecular formula is C20H30N2O2. The minimum absolute atomic E-state index is 0.257. The number of nitrogens with zero attached hydrogens (tertiary/aromatic N) is 2.